The van der Waals surface area contributed by atoms with Gasteiger partial charge in [0.25, 0.3) is 0 Å². The number of anilines is 2. The summed E-state index contributed by atoms with van der Waals surface area (Å²) >= 11 is 3.40. The number of carbonyl (C=O) groups is 2. The third-order valence-corrected chi connectivity index (χ3v) is 3.93. The molecule has 6 heteroatoms. The standard InChI is InChI=1S/C18H20BrN3O2/c1-12(14-6-8-15(19)9-7-14)20-11-18(24)22-17-5-3-4-16(10-17)21-13(2)23/h3-10,12,20H,11H2,1-2H3,(H,21,23)(H,22,24)/t12-/m1/s1. The zero-order valence-corrected chi connectivity index (χ0v) is 15.2. The lowest BCUT2D eigenvalue weighted by Gasteiger charge is -2.14. The molecule has 0 aliphatic heterocycles. The van der Waals surface area contributed by atoms with Gasteiger partial charge in [-0.3, -0.25) is 9.59 Å². The highest BCUT2D eigenvalue weighted by Crippen LogP contribution is 2.17. The highest BCUT2D eigenvalue weighted by atomic mass is 79.9. The summed E-state index contributed by atoms with van der Waals surface area (Å²) < 4.78 is 1.02. The monoisotopic (exact) mass is 389 g/mol. The lowest BCUT2D eigenvalue weighted by molar-refractivity contribution is -0.115. The van der Waals surface area contributed by atoms with Gasteiger partial charge in [-0.05, 0) is 42.8 Å². The Morgan fingerprint density at radius 2 is 1.67 bits per heavy atom. The maximum Gasteiger partial charge on any atom is 0.238 e. The quantitative estimate of drug-likeness (QED) is 0.705. The maximum absolute atomic E-state index is 12.1. The van der Waals surface area contributed by atoms with Gasteiger partial charge in [-0.2, -0.15) is 0 Å². The second kappa shape index (κ2) is 8.61. The van der Waals surface area contributed by atoms with Gasteiger partial charge < -0.3 is 16.0 Å². The van der Waals surface area contributed by atoms with E-state index in [0.29, 0.717) is 11.4 Å². The Labute approximate surface area is 150 Å². The molecule has 3 N–H and O–H groups in total. The summed E-state index contributed by atoms with van der Waals surface area (Å²) in [6, 6.07) is 15.1. The van der Waals surface area contributed by atoms with Crippen molar-refractivity contribution < 1.29 is 9.59 Å². The van der Waals surface area contributed by atoms with E-state index < -0.39 is 0 Å². The molecule has 0 saturated heterocycles. The summed E-state index contributed by atoms with van der Waals surface area (Å²) in [6.07, 6.45) is 0. The van der Waals surface area contributed by atoms with Crippen LogP contribution in [0, 0.1) is 0 Å². The molecule has 0 aliphatic carbocycles. The normalized spacial score (nSPS) is 11.6. The van der Waals surface area contributed by atoms with Crippen LogP contribution >= 0.6 is 15.9 Å². The van der Waals surface area contributed by atoms with Crippen LogP contribution in [0.4, 0.5) is 11.4 Å². The number of hydrogen-bond acceptors (Lipinski definition) is 3. The first-order valence-corrected chi connectivity index (χ1v) is 8.39. The smallest absolute Gasteiger partial charge is 0.238 e. The Bertz CT molecular complexity index is 716. The number of nitrogens with one attached hydrogen (secondary N) is 3. The number of amides is 2. The molecule has 0 spiro atoms. The van der Waals surface area contributed by atoms with Crippen LogP contribution in [0.2, 0.25) is 0 Å². The predicted molar refractivity (Wildman–Crippen MR) is 99.9 cm³/mol. The third-order valence-electron chi connectivity index (χ3n) is 3.41. The first-order chi connectivity index (χ1) is 11.4. The van der Waals surface area contributed by atoms with Crippen molar-refractivity contribution in [3.05, 3.63) is 58.6 Å². The third kappa shape index (κ3) is 5.79. The number of benzene rings is 2. The Kier molecular flexibility index (Phi) is 6.52. The molecule has 0 bridgehead atoms. The summed E-state index contributed by atoms with van der Waals surface area (Å²) in [5.41, 5.74) is 2.40. The van der Waals surface area contributed by atoms with Crippen LogP contribution in [0.15, 0.2) is 53.0 Å². The Hall–Kier alpha value is -2.18. The van der Waals surface area contributed by atoms with Gasteiger partial charge in [-0.1, -0.05) is 34.1 Å². The summed E-state index contributed by atoms with van der Waals surface area (Å²) in [5, 5.41) is 8.68. The fraction of sp³-hybridized carbons (Fsp3) is 0.222. The molecule has 0 aliphatic rings. The number of halogens is 1. The fourth-order valence-corrected chi connectivity index (χ4v) is 2.46. The molecule has 0 unspecified atom stereocenters. The maximum atomic E-state index is 12.1. The highest BCUT2D eigenvalue weighted by Gasteiger charge is 2.08. The van der Waals surface area contributed by atoms with Crippen LogP contribution in [0.25, 0.3) is 0 Å². The van der Waals surface area contributed by atoms with Crippen molar-refractivity contribution >= 4 is 39.1 Å². The Balaban J connectivity index is 1.86. The molecule has 0 radical (unpaired) electrons. The molecule has 0 fully saturated rings. The van der Waals surface area contributed by atoms with E-state index in [1.807, 2.05) is 31.2 Å². The second-order valence-corrected chi connectivity index (χ2v) is 6.38. The van der Waals surface area contributed by atoms with Gasteiger partial charge >= 0.3 is 0 Å². The van der Waals surface area contributed by atoms with E-state index in [1.165, 1.54) is 6.92 Å². The average Bonchev–Trinajstić information content (AvgIpc) is 2.53. The van der Waals surface area contributed by atoms with Crippen molar-refractivity contribution in [2.75, 3.05) is 17.2 Å². The molecule has 5 nitrogen and oxygen atoms in total. The second-order valence-electron chi connectivity index (χ2n) is 5.46. The average molecular weight is 390 g/mol. The van der Waals surface area contributed by atoms with Crippen molar-refractivity contribution in [3.63, 3.8) is 0 Å². The van der Waals surface area contributed by atoms with E-state index in [4.69, 9.17) is 0 Å². The highest BCUT2D eigenvalue weighted by molar-refractivity contribution is 9.10. The lowest BCUT2D eigenvalue weighted by atomic mass is 10.1. The Morgan fingerprint density at radius 1 is 1.04 bits per heavy atom. The van der Waals surface area contributed by atoms with Gasteiger partial charge in [-0.15, -0.1) is 0 Å². The summed E-state index contributed by atoms with van der Waals surface area (Å²) in [7, 11) is 0. The molecule has 1 atom stereocenters. The van der Waals surface area contributed by atoms with Crippen LogP contribution in [-0.2, 0) is 9.59 Å². The van der Waals surface area contributed by atoms with E-state index in [-0.39, 0.29) is 24.4 Å². The Morgan fingerprint density at radius 3 is 2.29 bits per heavy atom. The van der Waals surface area contributed by atoms with Gasteiger partial charge in [0.2, 0.25) is 11.8 Å². The van der Waals surface area contributed by atoms with Crippen LogP contribution < -0.4 is 16.0 Å². The van der Waals surface area contributed by atoms with Crippen molar-refractivity contribution in [2.24, 2.45) is 0 Å². The molecule has 0 aromatic heterocycles. The topological polar surface area (TPSA) is 70.2 Å². The molecule has 2 aromatic rings. The number of carbonyl (C=O) groups excluding carboxylic acids is 2. The molecule has 24 heavy (non-hydrogen) atoms. The first-order valence-electron chi connectivity index (χ1n) is 7.60. The van der Waals surface area contributed by atoms with E-state index in [9.17, 15) is 9.59 Å². The minimum atomic E-state index is -0.150. The van der Waals surface area contributed by atoms with Crippen molar-refractivity contribution in [1.29, 1.82) is 0 Å². The van der Waals surface area contributed by atoms with Crippen LogP contribution in [0.5, 0.6) is 0 Å². The fourth-order valence-electron chi connectivity index (χ4n) is 2.20. The van der Waals surface area contributed by atoms with Gasteiger partial charge in [0.05, 0.1) is 6.54 Å². The first kappa shape index (κ1) is 18.2. The van der Waals surface area contributed by atoms with Gasteiger partial charge in [0.1, 0.15) is 0 Å². The largest absolute Gasteiger partial charge is 0.326 e. The van der Waals surface area contributed by atoms with Gasteiger partial charge in [0, 0.05) is 28.8 Å². The van der Waals surface area contributed by atoms with E-state index in [1.54, 1.807) is 24.3 Å². The van der Waals surface area contributed by atoms with Crippen molar-refractivity contribution in [2.45, 2.75) is 19.9 Å². The molecular formula is C18H20BrN3O2. The zero-order valence-electron chi connectivity index (χ0n) is 13.6. The number of rotatable bonds is 6. The molecule has 2 aromatic carbocycles. The van der Waals surface area contributed by atoms with E-state index >= 15 is 0 Å². The summed E-state index contributed by atoms with van der Waals surface area (Å²) in [5.74, 6) is -0.289. The SMILES string of the molecule is CC(=O)Nc1cccc(NC(=O)CN[C@H](C)c2ccc(Br)cc2)c1. The predicted octanol–water partition coefficient (Wildman–Crippen LogP) is 3.70. The summed E-state index contributed by atoms with van der Waals surface area (Å²) in [4.78, 5) is 23.1. The van der Waals surface area contributed by atoms with E-state index in [0.717, 1.165) is 10.0 Å². The van der Waals surface area contributed by atoms with Crippen molar-refractivity contribution in [3.8, 4) is 0 Å². The molecule has 2 rings (SSSR count). The molecule has 0 saturated carbocycles. The van der Waals surface area contributed by atoms with E-state index in [2.05, 4.69) is 31.9 Å². The van der Waals surface area contributed by atoms with Crippen LogP contribution in [-0.4, -0.2) is 18.4 Å². The van der Waals surface area contributed by atoms with Gasteiger partial charge in [-0.25, -0.2) is 0 Å². The van der Waals surface area contributed by atoms with Crippen LogP contribution in [0.1, 0.15) is 25.5 Å². The summed E-state index contributed by atoms with van der Waals surface area (Å²) in [6.45, 7) is 3.65. The number of hydrogen-bond donors (Lipinski definition) is 3. The van der Waals surface area contributed by atoms with Crippen molar-refractivity contribution in [1.82, 2.24) is 5.32 Å². The lowest BCUT2D eigenvalue weighted by Crippen LogP contribution is -2.30. The molecular weight excluding hydrogens is 370 g/mol. The zero-order chi connectivity index (χ0) is 17.5. The minimum Gasteiger partial charge on any atom is -0.326 e. The molecule has 0 heterocycles. The van der Waals surface area contributed by atoms with Crippen LogP contribution in [0.3, 0.4) is 0 Å². The minimum absolute atomic E-state index is 0.0644. The molecule has 126 valence electrons. The molecule has 2 amide bonds. The van der Waals surface area contributed by atoms with Gasteiger partial charge in [0.15, 0.2) is 0 Å².